The Labute approximate surface area is 216 Å². The second kappa shape index (κ2) is 11.1. The van der Waals surface area contributed by atoms with Crippen LogP contribution in [0.4, 0.5) is 17.2 Å². The van der Waals surface area contributed by atoms with Gasteiger partial charge in [0.25, 0.3) is 0 Å². The molecule has 0 saturated carbocycles. The lowest BCUT2D eigenvalue weighted by atomic mass is 10.0. The standard InChI is InChI=1S/C28H32N4O3S/c1-4-19-7-9-20(10-8-19)21-17-36-28-26(21)27(29-18-30-28)31-22-15-25(35-6-3)23(16-24(22)34-5-2)32-11-13-33-14-12-32/h7-10,15-18H,4-6,11-14H2,1-3H3,(H,29,30,31). The number of hydrogen-bond donors (Lipinski definition) is 1. The quantitative estimate of drug-likeness (QED) is 0.287. The van der Waals surface area contributed by atoms with E-state index in [0.29, 0.717) is 26.4 Å². The molecule has 0 atom stereocenters. The van der Waals surface area contributed by atoms with Crippen molar-refractivity contribution in [2.75, 3.05) is 49.7 Å². The maximum atomic E-state index is 6.09. The lowest BCUT2D eigenvalue weighted by Crippen LogP contribution is -2.36. The molecule has 1 aliphatic rings. The molecule has 1 N–H and O–H groups in total. The molecular formula is C28H32N4O3S. The minimum absolute atomic E-state index is 0.553. The van der Waals surface area contributed by atoms with Crippen molar-refractivity contribution in [1.29, 1.82) is 0 Å². The predicted octanol–water partition coefficient (Wildman–Crippen LogP) is 6.30. The average Bonchev–Trinajstić information content (AvgIpc) is 3.36. The number of fused-ring (bicyclic) bond motifs is 1. The highest BCUT2D eigenvalue weighted by Crippen LogP contribution is 2.43. The van der Waals surface area contributed by atoms with E-state index in [1.807, 2.05) is 19.9 Å². The molecule has 1 saturated heterocycles. The predicted molar refractivity (Wildman–Crippen MR) is 147 cm³/mol. The van der Waals surface area contributed by atoms with Crippen molar-refractivity contribution in [3.05, 3.63) is 53.7 Å². The van der Waals surface area contributed by atoms with E-state index in [2.05, 4.69) is 62.8 Å². The van der Waals surface area contributed by atoms with E-state index in [1.165, 1.54) is 5.56 Å². The van der Waals surface area contributed by atoms with E-state index in [9.17, 15) is 0 Å². The highest BCUT2D eigenvalue weighted by Gasteiger charge is 2.21. The van der Waals surface area contributed by atoms with Gasteiger partial charge in [0.15, 0.2) is 0 Å². The Bertz CT molecular complexity index is 1320. The van der Waals surface area contributed by atoms with Gasteiger partial charge in [0.05, 0.1) is 43.2 Å². The molecule has 5 rings (SSSR count). The third-order valence-corrected chi connectivity index (χ3v) is 7.20. The summed E-state index contributed by atoms with van der Waals surface area (Å²) in [5, 5.41) is 6.71. The van der Waals surface area contributed by atoms with Gasteiger partial charge in [-0.1, -0.05) is 31.2 Å². The maximum Gasteiger partial charge on any atom is 0.145 e. The summed E-state index contributed by atoms with van der Waals surface area (Å²) in [6, 6.07) is 12.8. The normalized spacial score (nSPS) is 13.7. The van der Waals surface area contributed by atoms with E-state index < -0.39 is 0 Å². The van der Waals surface area contributed by atoms with Gasteiger partial charge in [-0.3, -0.25) is 0 Å². The highest BCUT2D eigenvalue weighted by molar-refractivity contribution is 7.17. The molecule has 36 heavy (non-hydrogen) atoms. The lowest BCUT2D eigenvalue weighted by molar-refractivity contribution is 0.122. The molecule has 0 bridgehead atoms. The van der Waals surface area contributed by atoms with E-state index in [0.717, 1.165) is 69.5 Å². The van der Waals surface area contributed by atoms with Crippen LogP contribution in [0.5, 0.6) is 11.5 Å². The monoisotopic (exact) mass is 504 g/mol. The third kappa shape index (κ3) is 4.96. The fourth-order valence-electron chi connectivity index (χ4n) is 4.47. The largest absolute Gasteiger partial charge is 0.492 e. The summed E-state index contributed by atoms with van der Waals surface area (Å²) in [6.07, 6.45) is 2.63. The zero-order chi connectivity index (χ0) is 24.9. The van der Waals surface area contributed by atoms with Crippen LogP contribution in [0.25, 0.3) is 21.3 Å². The van der Waals surface area contributed by atoms with Crippen molar-refractivity contribution in [3.8, 4) is 22.6 Å². The van der Waals surface area contributed by atoms with Gasteiger partial charge < -0.3 is 24.4 Å². The van der Waals surface area contributed by atoms with Gasteiger partial charge in [0.1, 0.15) is 28.5 Å². The first-order valence-electron chi connectivity index (χ1n) is 12.6. The van der Waals surface area contributed by atoms with Crippen LogP contribution in [-0.4, -0.2) is 49.5 Å². The number of anilines is 3. The molecular weight excluding hydrogens is 472 g/mol. The summed E-state index contributed by atoms with van der Waals surface area (Å²) in [5.74, 6) is 2.33. The number of aromatic nitrogens is 2. The summed E-state index contributed by atoms with van der Waals surface area (Å²) in [4.78, 5) is 12.4. The van der Waals surface area contributed by atoms with Crippen molar-refractivity contribution in [3.63, 3.8) is 0 Å². The highest BCUT2D eigenvalue weighted by atomic mass is 32.1. The zero-order valence-corrected chi connectivity index (χ0v) is 21.9. The summed E-state index contributed by atoms with van der Waals surface area (Å²) >= 11 is 1.62. The molecule has 7 nitrogen and oxygen atoms in total. The third-order valence-electron chi connectivity index (χ3n) is 6.31. The van der Waals surface area contributed by atoms with Crippen molar-refractivity contribution >= 4 is 38.7 Å². The molecule has 0 spiro atoms. The number of rotatable bonds is 9. The Morgan fingerprint density at radius 1 is 0.972 bits per heavy atom. The molecule has 3 heterocycles. The van der Waals surface area contributed by atoms with E-state index in [-0.39, 0.29) is 0 Å². The van der Waals surface area contributed by atoms with Crippen LogP contribution < -0.4 is 19.7 Å². The van der Waals surface area contributed by atoms with Crippen LogP contribution in [-0.2, 0) is 11.2 Å². The first kappa shape index (κ1) is 24.3. The van der Waals surface area contributed by atoms with Crippen LogP contribution in [0.2, 0.25) is 0 Å². The Morgan fingerprint density at radius 2 is 1.72 bits per heavy atom. The Hall–Kier alpha value is -3.36. The van der Waals surface area contributed by atoms with Crippen LogP contribution in [0.1, 0.15) is 26.3 Å². The Kier molecular flexibility index (Phi) is 7.53. The van der Waals surface area contributed by atoms with Crippen molar-refractivity contribution < 1.29 is 14.2 Å². The van der Waals surface area contributed by atoms with Crippen LogP contribution in [0, 0.1) is 0 Å². The summed E-state index contributed by atoms with van der Waals surface area (Å²) in [6.45, 7) is 10.3. The SMILES string of the molecule is CCOc1cc(N2CCOCC2)c(OCC)cc1Nc1ncnc2scc(-c3ccc(CC)cc3)c12. The number of thiophene rings is 1. The van der Waals surface area contributed by atoms with E-state index in [4.69, 9.17) is 14.2 Å². The minimum Gasteiger partial charge on any atom is -0.492 e. The van der Waals surface area contributed by atoms with Gasteiger partial charge in [-0.15, -0.1) is 11.3 Å². The van der Waals surface area contributed by atoms with Gasteiger partial charge in [0.2, 0.25) is 0 Å². The van der Waals surface area contributed by atoms with E-state index >= 15 is 0 Å². The van der Waals surface area contributed by atoms with Crippen LogP contribution in [0.15, 0.2) is 48.1 Å². The molecule has 4 aromatic rings. The lowest BCUT2D eigenvalue weighted by Gasteiger charge is -2.31. The second-order valence-electron chi connectivity index (χ2n) is 8.51. The molecule has 8 heteroatoms. The molecule has 2 aromatic carbocycles. The zero-order valence-electron chi connectivity index (χ0n) is 21.0. The van der Waals surface area contributed by atoms with Gasteiger partial charge >= 0.3 is 0 Å². The van der Waals surface area contributed by atoms with Crippen LogP contribution in [0.3, 0.4) is 0 Å². The summed E-state index contributed by atoms with van der Waals surface area (Å²) in [7, 11) is 0. The summed E-state index contributed by atoms with van der Waals surface area (Å²) < 4.78 is 17.7. The number of nitrogens with zero attached hydrogens (tertiary/aromatic N) is 3. The molecule has 0 aliphatic carbocycles. The van der Waals surface area contributed by atoms with Gasteiger partial charge in [-0.2, -0.15) is 0 Å². The maximum absolute atomic E-state index is 6.09. The van der Waals surface area contributed by atoms with Crippen molar-refractivity contribution in [2.24, 2.45) is 0 Å². The number of nitrogens with one attached hydrogen (secondary N) is 1. The molecule has 0 amide bonds. The van der Waals surface area contributed by atoms with Gasteiger partial charge in [-0.25, -0.2) is 9.97 Å². The first-order valence-corrected chi connectivity index (χ1v) is 13.4. The molecule has 0 radical (unpaired) electrons. The van der Waals surface area contributed by atoms with E-state index in [1.54, 1.807) is 17.7 Å². The summed E-state index contributed by atoms with van der Waals surface area (Å²) in [5.41, 5.74) is 5.43. The van der Waals surface area contributed by atoms with Gasteiger partial charge in [0, 0.05) is 36.2 Å². The van der Waals surface area contributed by atoms with Crippen molar-refractivity contribution in [1.82, 2.24) is 9.97 Å². The minimum atomic E-state index is 0.553. The fraction of sp³-hybridized carbons (Fsp3) is 0.357. The number of hydrogen-bond acceptors (Lipinski definition) is 8. The number of benzene rings is 2. The topological polar surface area (TPSA) is 68.7 Å². The number of morpholine rings is 1. The smallest absolute Gasteiger partial charge is 0.145 e. The molecule has 188 valence electrons. The van der Waals surface area contributed by atoms with Crippen LogP contribution >= 0.6 is 11.3 Å². The number of aryl methyl sites for hydroxylation is 1. The average molecular weight is 505 g/mol. The Morgan fingerprint density at radius 3 is 2.44 bits per heavy atom. The molecule has 1 aliphatic heterocycles. The Balaban J connectivity index is 1.57. The number of ether oxygens (including phenoxy) is 3. The molecule has 1 fully saturated rings. The first-order chi connectivity index (χ1) is 17.7. The molecule has 0 unspecified atom stereocenters. The van der Waals surface area contributed by atoms with Crippen molar-refractivity contribution in [2.45, 2.75) is 27.2 Å². The second-order valence-corrected chi connectivity index (χ2v) is 9.37. The fourth-order valence-corrected chi connectivity index (χ4v) is 5.39. The molecule has 2 aromatic heterocycles. The van der Waals surface area contributed by atoms with Gasteiger partial charge in [-0.05, 0) is 31.4 Å².